The lowest BCUT2D eigenvalue weighted by atomic mass is 10.0. The third-order valence-electron chi connectivity index (χ3n) is 6.19. The number of nitrogens with zero attached hydrogens (tertiary/aromatic N) is 1. The first-order valence-corrected chi connectivity index (χ1v) is 10.8. The quantitative estimate of drug-likeness (QED) is 0.726. The summed E-state index contributed by atoms with van der Waals surface area (Å²) in [6.07, 6.45) is 6.32. The predicted octanol–water partition coefficient (Wildman–Crippen LogP) is 4.64. The van der Waals surface area contributed by atoms with Gasteiger partial charge in [0.25, 0.3) is 0 Å². The van der Waals surface area contributed by atoms with Crippen LogP contribution in [-0.4, -0.2) is 23.9 Å². The maximum Gasteiger partial charge on any atom is 0.220 e. The Hall–Kier alpha value is -2.07. The zero-order valence-corrected chi connectivity index (χ0v) is 17.0. The number of carbonyl (C=O) groups is 1. The standard InChI is InChI=1S/C24H32N2O2/c1-18-15-22(18)23-11-9-21(28-23)10-12-24(27)25-16-19-7-3-4-8-20(19)17-26-13-5-2-6-14-26/h3-4,7-9,11,18,22H,2,5-6,10,12-17H2,1H3,(H,25,27)/t18-,22-/m1/s1. The molecule has 0 bridgehead atoms. The molecule has 1 aromatic carbocycles. The van der Waals surface area contributed by atoms with Gasteiger partial charge >= 0.3 is 0 Å². The molecule has 1 amide bonds. The molecule has 4 rings (SSSR count). The molecule has 1 N–H and O–H groups in total. The summed E-state index contributed by atoms with van der Waals surface area (Å²) in [6.45, 7) is 6.22. The van der Waals surface area contributed by atoms with Crippen molar-refractivity contribution >= 4 is 5.91 Å². The van der Waals surface area contributed by atoms with Crippen LogP contribution in [0.3, 0.4) is 0 Å². The second-order valence-electron chi connectivity index (χ2n) is 8.51. The molecular weight excluding hydrogens is 348 g/mol. The lowest BCUT2D eigenvalue weighted by Crippen LogP contribution is -2.30. The highest BCUT2D eigenvalue weighted by Crippen LogP contribution is 2.47. The van der Waals surface area contributed by atoms with Crippen LogP contribution in [0.5, 0.6) is 0 Å². The van der Waals surface area contributed by atoms with Gasteiger partial charge in [-0.25, -0.2) is 0 Å². The SMILES string of the molecule is C[C@@H]1C[C@H]1c1ccc(CCC(=O)NCc2ccccc2CN2CCCCC2)o1. The zero-order valence-electron chi connectivity index (χ0n) is 17.0. The highest BCUT2D eigenvalue weighted by atomic mass is 16.3. The van der Waals surface area contributed by atoms with Crippen LogP contribution in [0.4, 0.5) is 0 Å². The first kappa shape index (κ1) is 19.3. The van der Waals surface area contributed by atoms with Crippen LogP contribution in [0, 0.1) is 5.92 Å². The smallest absolute Gasteiger partial charge is 0.220 e. The largest absolute Gasteiger partial charge is 0.466 e. The van der Waals surface area contributed by atoms with Crippen LogP contribution in [0.25, 0.3) is 0 Å². The number of hydrogen-bond donors (Lipinski definition) is 1. The Morgan fingerprint density at radius 2 is 1.86 bits per heavy atom. The maximum atomic E-state index is 12.3. The Balaban J connectivity index is 1.24. The van der Waals surface area contributed by atoms with Crippen molar-refractivity contribution in [2.45, 2.75) is 64.5 Å². The number of benzene rings is 1. The van der Waals surface area contributed by atoms with Crippen molar-refractivity contribution in [1.82, 2.24) is 10.2 Å². The molecule has 2 heterocycles. The number of nitrogens with one attached hydrogen (secondary N) is 1. The number of likely N-dealkylation sites (tertiary alicyclic amines) is 1. The molecule has 150 valence electrons. The summed E-state index contributed by atoms with van der Waals surface area (Å²) in [5, 5.41) is 3.10. The minimum atomic E-state index is 0.0884. The van der Waals surface area contributed by atoms with Gasteiger partial charge in [0.15, 0.2) is 0 Å². The zero-order chi connectivity index (χ0) is 19.3. The van der Waals surface area contributed by atoms with Crippen LogP contribution in [0.15, 0.2) is 40.8 Å². The van der Waals surface area contributed by atoms with E-state index in [0.29, 0.717) is 25.3 Å². The Morgan fingerprint density at radius 3 is 2.61 bits per heavy atom. The third kappa shape index (κ3) is 5.05. The Labute approximate surface area is 168 Å². The summed E-state index contributed by atoms with van der Waals surface area (Å²) in [5.41, 5.74) is 2.56. The summed E-state index contributed by atoms with van der Waals surface area (Å²) in [5.74, 6) is 3.45. The molecule has 1 aromatic heterocycles. The molecule has 4 nitrogen and oxygen atoms in total. The van der Waals surface area contributed by atoms with Crippen LogP contribution < -0.4 is 5.32 Å². The second kappa shape index (κ2) is 8.95. The van der Waals surface area contributed by atoms with Gasteiger partial charge in [0.2, 0.25) is 5.91 Å². The molecule has 0 radical (unpaired) electrons. The highest BCUT2D eigenvalue weighted by Gasteiger charge is 2.36. The summed E-state index contributed by atoms with van der Waals surface area (Å²) >= 11 is 0. The van der Waals surface area contributed by atoms with Crippen molar-refractivity contribution in [3.63, 3.8) is 0 Å². The number of amides is 1. The van der Waals surface area contributed by atoms with Gasteiger partial charge in [-0.1, -0.05) is 37.6 Å². The van der Waals surface area contributed by atoms with E-state index in [4.69, 9.17) is 4.42 Å². The normalized spacial score (nSPS) is 22.2. The van der Waals surface area contributed by atoms with E-state index in [1.807, 2.05) is 6.07 Å². The van der Waals surface area contributed by atoms with E-state index in [-0.39, 0.29) is 5.91 Å². The summed E-state index contributed by atoms with van der Waals surface area (Å²) < 4.78 is 5.91. The molecule has 1 aliphatic heterocycles. The van der Waals surface area contributed by atoms with E-state index in [1.165, 1.54) is 49.9 Å². The number of furan rings is 1. The molecule has 0 spiro atoms. The van der Waals surface area contributed by atoms with Gasteiger partial charge in [-0.05, 0) is 61.5 Å². The molecule has 2 atom stereocenters. The fraction of sp³-hybridized carbons (Fsp3) is 0.542. The molecule has 2 aromatic rings. The molecule has 4 heteroatoms. The highest BCUT2D eigenvalue weighted by molar-refractivity contribution is 5.76. The molecule has 2 fully saturated rings. The van der Waals surface area contributed by atoms with Gasteiger partial charge in [-0.15, -0.1) is 0 Å². The molecule has 28 heavy (non-hydrogen) atoms. The average Bonchev–Trinajstić information content (AvgIpc) is 3.26. The molecule has 0 unspecified atom stereocenters. The first-order valence-electron chi connectivity index (χ1n) is 10.8. The number of hydrogen-bond acceptors (Lipinski definition) is 3. The minimum Gasteiger partial charge on any atom is -0.466 e. The van der Waals surface area contributed by atoms with Crippen LogP contribution >= 0.6 is 0 Å². The predicted molar refractivity (Wildman–Crippen MR) is 111 cm³/mol. The van der Waals surface area contributed by atoms with Gasteiger partial charge < -0.3 is 9.73 Å². The van der Waals surface area contributed by atoms with Crippen LogP contribution in [0.2, 0.25) is 0 Å². The molecule has 1 aliphatic carbocycles. The number of piperidine rings is 1. The van der Waals surface area contributed by atoms with Crippen LogP contribution in [0.1, 0.15) is 67.6 Å². The van der Waals surface area contributed by atoms with Crippen molar-refractivity contribution in [3.8, 4) is 0 Å². The fourth-order valence-corrected chi connectivity index (χ4v) is 4.21. The average molecular weight is 381 g/mol. The van der Waals surface area contributed by atoms with E-state index in [1.54, 1.807) is 0 Å². The van der Waals surface area contributed by atoms with E-state index < -0.39 is 0 Å². The summed E-state index contributed by atoms with van der Waals surface area (Å²) in [6, 6.07) is 12.6. The lowest BCUT2D eigenvalue weighted by Gasteiger charge is -2.27. The van der Waals surface area contributed by atoms with Gasteiger partial charge in [-0.3, -0.25) is 9.69 Å². The van der Waals surface area contributed by atoms with Crippen molar-refractivity contribution in [2.24, 2.45) is 5.92 Å². The monoisotopic (exact) mass is 380 g/mol. The first-order chi connectivity index (χ1) is 13.7. The van der Waals surface area contributed by atoms with E-state index in [2.05, 4.69) is 47.5 Å². The molecular formula is C24H32N2O2. The minimum absolute atomic E-state index is 0.0884. The molecule has 2 aliphatic rings. The maximum absolute atomic E-state index is 12.3. The van der Waals surface area contributed by atoms with Crippen molar-refractivity contribution < 1.29 is 9.21 Å². The number of aryl methyl sites for hydroxylation is 1. The van der Waals surface area contributed by atoms with Gasteiger partial charge in [0, 0.05) is 31.8 Å². The fourth-order valence-electron chi connectivity index (χ4n) is 4.21. The van der Waals surface area contributed by atoms with Gasteiger partial charge in [0.05, 0.1) is 0 Å². The van der Waals surface area contributed by atoms with Gasteiger partial charge in [-0.2, -0.15) is 0 Å². The molecule has 1 saturated carbocycles. The summed E-state index contributed by atoms with van der Waals surface area (Å²) in [4.78, 5) is 14.9. The Morgan fingerprint density at radius 1 is 1.11 bits per heavy atom. The van der Waals surface area contributed by atoms with Crippen molar-refractivity contribution in [1.29, 1.82) is 0 Å². The van der Waals surface area contributed by atoms with Crippen molar-refractivity contribution in [2.75, 3.05) is 13.1 Å². The second-order valence-corrected chi connectivity index (χ2v) is 8.51. The number of rotatable bonds is 8. The Kier molecular flexibility index (Phi) is 6.16. The van der Waals surface area contributed by atoms with Crippen LogP contribution in [-0.2, 0) is 24.3 Å². The Bertz CT molecular complexity index is 791. The van der Waals surface area contributed by atoms with E-state index >= 15 is 0 Å². The topological polar surface area (TPSA) is 45.5 Å². The van der Waals surface area contributed by atoms with Crippen molar-refractivity contribution in [3.05, 3.63) is 59.0 Å². The lowest BCUT2D eigenvalue weighted by molar-refractivity contribution is -0.121. The summed E-state index contributed by atoms with van der Waals surface area (Å²) in [7, 11) is 0. The molecule has 1 saturated heterocycles. The van der Waals surface area contributed by atoms with E-state index in [9.17, 15) is 4.79 Å². The van der Waals surface area contributed by atoms with E-state index in [0.717, 1.165) is 24.0 Å². The number of carbonyl (C=O) groups excluding carboxylic acids is 1. The van der Waals surface area contributed by atoms with Gasteiger partial charge in [0.1, 0.15) is 11.5 Å². The third-order valence-corrected chi connectivity index (χ3v) is 6.19.